The minimum atomic E-state index is -1.05. The first-order valence-corrected chi connectivity index (χ1v) is 5.98. The lowest BCUT2D eigenvalue weighted by atomic mass is 10.2. The van der Waals surface area contributed by atoms with Crippen molar-refractivity contribution in [1.82, 2.24) is 14.8 Å². The lowest BCUT2D eigenvalue weighted by Gasteiger charge is -2.08. The fourth-order valence-electron chi connectivity index (χ4n) is 1.74. The molecular weight excluding hydrogens is 268 g/mol. The van der Waals surface area contributed by atoms with E-state index in [2.05, 4.69) is 15.4 Å². The van der Waals surface area contributed by atoms with E-state index >= 15 is 0 Å². The molecule has 0 radical (unpaired) electrons. The number of carboxylic acids is 1. The summed E-state index contributed by atoms with van der Waals surface area (Å²) in [7, 11) is 1.83. The van der Waals surface area contributed by atoms with E-state index in [1.54, 1.807) is 4.68 Å². The van der Waals surface area contributed by atoms with E-state index in [1.165, 1.54) is 12.1 Å². The van der Waals surface area contributed by atoms with Crippen molar-refractivity contribution in [2.75, 3.05) is 5.32 Å². The summed E-state index contributed by atoms with van der Waals surface area (Å²) in [5.74, 6) is -0.794. The molecule has 2 rings (SSSR count). The van der Waals surface area contributed by atoms with Crippen LogP contribution in [0.1, 0.15) is 21.6 Å². The van der Waals surface area contributed by atoms with Gasteiger partial charge < -0.3 is 10.4 Å². The molecule has 0 amide bonds. The van der Waals surface area contributed by atoms with Crippen molar-refractivity contribution in [2.24, 2.45) is 7.05 Å². The second-order valence-electron chi connectivity index (χ2n) is 4.10. The van der Waals surface area contributed by atoms with Crippen molar-refractivity contribution in [3.63, 3.8) is 0 Å². The minimum Gasteiger partial charge on any atom is -0.478 e. The van der Waals surface area contributed by atoms with Gasteiger partial charge in [0.05, 0.1) is 5.69 Å². The number of aryl methyl sites for hydroxylation is 2. The van der Waals surface area contributed by atoms with Gasteiger partial charge in [0.2, 0.25) is 0 Å². The number of carboxylic acid groups (broad SMARTS) is 1. The fourth-order valence-corrected chi connectivity index (χ4v) is 1.89. The van der Waals surface area contributed by atoms with Gasteiger partial charge in [0.15, 0.2) is 0 Å². The SMILES string of the molecule is Cc1nn(C)cc1CNc1nc(Cl)ccc1C(=O)O. The predicted octanol–water partition coefficient (Wildman–Crippen LogP) is 2.09. The van der Waals surface area contributed by atoms with Crippen molar-refractivity contribution in [3.8, 4) is 0 Å². The number of aromatic nitrogens is 3. The Morgan fingerprint density at radius 1 is 1.53 bits per heavy atom. The Morgan fingerprint density at radius 3 is 2.84 bits per heavy atom. The number of nitrogens with zero attached hydrogens (tertiary/aromatic N) is 3. The van der Waals surface area contributed by atoms with Crippen LogP contribution in [-0.4, -0.2) is 25.8 Å². The van der Waals surface area contributed by atoms with Crippen molar-refractivity contribution in [2.45, 2.75) is 13.5 Å². The third-order valence-electron chi connectivity index (χ3n) is 2.65. The number of carbonyl (C=O) groups is 1. The highest BCUT2D eigenvalue weighted by atomic mass is 35.5. The number of aromatic carboxylic acids is 1. The zero-order valence-corrected chi connectivity index (χ0v) is 11.3. The van der Waals surface area contributed by atoms with Crippen LogP contribution in [0.5, 0.6) is 0 Å². The van der Waals surface area contributed by atoms with Gasteiger partial charge in [0, 0.05) is 25.4 Å². The van der Waals surface area contributed by atoms with Gasteiger partial charge in [-0.1, -0.05) is 11.6 Å². The van der Waals surface area contributed by atoms with Crippen LogP contribution in [0.3, 0.4) is 0 Å². The third kappa shape index (κ3) is 3.03. The first-order chi connectivity index (χ1) is 8.97. The molecule has 6 nitrogen and oxygen atoms in total. The summed E-state index contributed by atoms with van der Waals surface area (Å²) in [6.07, 6.45) is 1.87. The van der Waals surface area contributed by atoms with Crippen LogP contribution in [0.25, 0.3) is 0 Å². The maximum Gasteiger partial charge on any atom is 0.339 e. The maximum absolute atomic E-state index is 11.1. The fraction of sp³-hybridized carbons (Fsp3) is 0.250. The second kappa shape index (κ2) is 5.27. The summed E-state index contributed by atoms with van der Waals surface area (Å²) < 4.78 is 1.70. The molecule has 2 aromatic heterocycles. The molecule has 0 aromatic carbocycles. The van der Waals surface area contributed by atoms with Gasteiger partial charge in [-0.05, 0) is 19.1 Å². The Bertz CT molecular complexity index is 624. The van der Waals surface area contributed by atoms with Crippen molar-refractivity contribution in [1.29, 1.82) is 0 Å². The van der Waals surface area contributed by atoms with Crippen molar-refractivity contribution in [3.05, 3.63) is 40.3 Å². The molecule has 2 heterocycles. The maximum atomic E-state index is 11.1. The van der Waals surface area contributed by atoms with E-state index in [4.69, 9.17) is 16.7 Å². The average Bonchev–Trinajstić information content (AvgIpc) is 2.65. The van der Waals surface area contributed by atoms with E-state index in [9.17, 15) is 4.79 Å². The van der Waals surface area contributed by atoms with Gasteiger partial charge in [0.1, 0.15) is 16.5 Å². The molecule has 0 aliphatic carbocycles. The second-order valence-corrected chi connectivity index (χ2v) is 4.49. The Hall–Kier alpha value is -2.08. The molecule has 100 valence electrons. The number of nitrogens with one attached hydrogen (secondary N) is 1. The lowest BCUT2D eigenvalue weighted by Crippen LogP contribution is -2.08. The number of pyridine rings is 1. The van der Waals surface area contributed by atoms with Gasteiger partial charge in [-0.15, -0.1) is 0 Å². The molecule has 0 unspecified atom stereocenters. The molecule has 0 saturated carbocycles. The highest BCUT2D eigenvalue weighted by Crippen LogP contribution is 2.18. The zero-order chi connectivity index (χ0) is 14.0. The van der Waals surface area contributed by atoms with E-state index in [-0.39, 0.29) is 16.5 Å². The number of hydrogen-bond donors (Lipinski definition) is 2. The minimum absolute atomic E-state index is 0.0888. The Morgan fingerprint density at radius 2 is 2.26 bits per heavy atom. The Balaban J connectivity index is 2.21. The summed E-state index contributed by atoms with van der Waals surface area (Å²) >= 11 is 5.78. The molecule has 0 spiro atoms. The van der Waals surface area contributed by atoms with E-state index in [0.29, 0.717) is 6.54 Å². The first kappa shape index (κ1) is 13.4. The third-order valence-corrected chi connectivity index (χ3v) is 2.86. The summed E-state index contributed by atoms with van der Waals surface area (Å²) in [5.41, 5.74) is 1.94. The Labute approximate surface area is 115 Å². The number of rotatable bonds is 4. The van der Waals surface area contributed by atoms with Gasteiger partial charge in [-0.3, -0.25) is 4.68 Å². The summed E-state index contributed by atoms with van der Waals surface area (Å²) in [5, 5.41) is 16.5. The van der Waals surface area contributed by atoms with E-state index in [1.807, 2.05) is 20.2 Å². The molecule has 0 bridgehead atoms. The van der Waals surface area contributed by atoms with Crippen LogP contribution in [0.2, 0.25) is 5.15 Å². The van der Waals surface area contributed by atoms with Gasteiger partial charge in [0.25, 0.3) is 0 Å². The summed E-state index contributed by atoms with van der Waals surface area (Å²) in [6.45, 7) is 2.33. The molecule has 2 N–H and O–H groups in total. The quantitative estimate of drug-likeness (QED) is 0.838. The van der Waals surface area contributed by atoms with Crippen molar-refractivity contribution < 1.29 is 9.90 Å². The monoisotopic (exact) mass is 280 g/mol. The van der Waals surface area contributed by atoms with Crippen LogP contribution in [0, 0.1) is 6.92 Å². The van der Waals surface area contributed by atoms with Crippen LogP contribution in [0.4, 0.5) is 5.82 Å². The van der Waals surface area contributed by atoms with Crippen molar-refractivity contribution >= 4 is 23.4 Å². The highest BCUT2D eigenvalue weighted by molar-refractivity contribution is 6.29. The standard InChI is InChI=1S/C12H13ClN4O2/c1-7-8(6-17(2)16-7)5-14-11-9(12(18)19)3-4-10(13)15-11/h3-4,6H,5H2,1-2H3,(H,14,15)(H,18,19). The number of halogens is 1. The topological polar surface area (TPSA) is 80.0 Å². The largest absolute Gasteiger partial charge is 0.478 e. The molecule has 0 aliphatic heterocycles. The molecule has 0 atom stereocenters. The smallest absolute Gasteiger partial charge is 0.339 e. The number of hydrogen-bond acceptors (Lipinski definition) is 4. The normalized spacial score (nSPS) is 10.5. The molecule has 2 aromatic rings. The molecule has 0 saturated heterocycles. The summed E-state index contributed by atoms with van der Waals surface area (Å²) in [4.78, 5) is 15.1. The van der Waals surface area contributed by atoms with Gasteiger partial charge >= 0.3 is 5.97 Å². The van der Waals surface area contributed by atoms with Gasteiger partial charge in [-0.25, -0.2) is 9.78 Å². The Kier molecular flexibility index (Phi) is 3.71. The van der Waals surface area contributed by atoms with Crippen LogP contribution < -0.4 is 5.32 Å². The molecule has 0 aliphatic rings. The highest BCUT2D eigenvalue weighted by Gasteiger charge is 2.12. The molecule has 19 heavy (non-hydrogen) atoms. The molecular formula is C12H13ClN4O2. The predicted molar refractivity (Wildman–Crippen MR) is 71.5 cm³/mol. The van der Waals surface area contributed by atoms with Crippen LogP contribution >= 0.6 is 11.6 Å². The van der Waals surface area contributed by atoms with Crippen LogP contribution in [-0.2, 0) is 13.6 Å². The van der Waals surface area contributed by atoms with Gasteiger partial charge in [-0.2, -0.15) is 5.10 Å². The van der Waals surface area contributed by atoms with E-state index in [0.717, 1.165) is 11.3 Å². The first-order valence-electron chi connectivity index (χ1n) is 5.60. The van der Waals surface area contributed by atoms with Crippen LogP contribution in [0.15, 0.2) is 18.3 Å². The zero-order valence-electron chi connectivity index (χ0n) is 10.5. The lowest BCUT2D eigenvalue weighted by molar-refractivity contribution is 0.0697. The number of anilines is 1. The van der Waals surface area contributed by atoms with E-state index < -0.39 is 5.97 Å². The molecule has 0 fully saturated rings. The molecule has 7 heteroatoms. The summed E-state index contributed by atoms with van der Waals surface area (Å²) in [6, 6.07) is 2.88. The average molecular weight is 281 g/mol.